The van der Waals surface area contributed by atoms with Crippen LogP contribution in [0.1, 0.15) is 11.1 Å². The molecule has 0 bridgehead atoms. The van der Waals surface area contributed by atoms with Crippen molar-refractivity contribution in [2.45, 2.75) is 17.7 Å². The van der Waals surface area contributed by atoms with Crippen molar-refractivity contribution >= 4 is 37.5 Å². The topological polar surface area (TPSA) is 76.4 Å². The second-order valence-corrected chi connectivity index (χ2v) is 8.35. The van der Waals surface area contributed by atoms with Crippen LogP contribution in [0.3, 0.4) is 0 Å². The van der Waals surface area contributed by atoms with Crippen LogP contribution >= 0.6 is 0 Å². The first-order chi connectivity index (χ1) is 13.0. The van der Waals surface area contributed by atoms with Crippen LogP contribution in [-0.4, -0.2) is 8.42 Å². The van der Waals surface area contributed by atoms with Crippen LogP contribution < -0.4 is 10.3 Å². The van der Waals surface area contributed by atoms with Gasteiger partial charge in [-0.2, -0.15) is 0 Å². The van der Waals surface area contributed by atoms with Crippen LogP contribution in [-0.2, 0) is 22.9 Å². The Kier molecular flexibility index (Phi) is 3.39. The second kappa shape index (κ2) is 5.69. The number of rotatable bonds is 3. The summed E-state index contributed by atoms with van der Waals surface area (Å²) in [6, 6.07) is 17.1. The normalized spacial score (nSPS) is 13.3. The van der Waals surface area contributed by atoms with Crippen molar-refractivity contribution in [1.29, 1.82) is 0 Å². The molecule has 27 heavy (non-hydrogen) atoms. The monoisotopic (exact) mass is 377 g/mol. The smallest absolute Gasteiger partial charge is 0.336 e. The summed E-state index contributed by atoms with van der Waals surface area (Å²) in [7, 11) is -3.78. The van der Waals surface area contributed by atoms with E-state index in [0.717, 1.165) is 23.6 Å². The van der Waals surface area contributed by atoms with Gasteiger partial charge in [-0.15, -0.1) is 0 Å². The van der Waals surface area contributed by atoms with E-state index in [-0.39, 0.29) is 4.90 Å². The fourth-order valence-corrected chi connectivity index (χ4v) is 4.87. The minimum Gasteiger partial charge on any atom is -0.423 e. The van der Waals surface area contributed by atoms with E-state index in [1.807, 2.05) is 24.3 Å². The predicted molar refractivity (Wildman–Crippen MR) is 105 cm³/mol. The van der Waals surface area contributed by atoms with Gasteiger partial charge in [-0.3, -0.25) is 4.72 Å². The highest BCUT2D eigenvalue weighted by molar-refractivity contribution is 7.92. The number of fused-ring (bicyclic) bond motifs is 1. The molecule has 5 nitrogen and oxygen atoms in total. The van der Waals surface area contributed by atoms with E-state index in [4.69, 9.17) is 4.42 Å². The summed E-state index contributed by atoms with van der Waals surface area (Å²) >= 11 is 0. The van der Waals surface area contributed by atoms with Crippen molar-refractivity contribution in [2.24, 2.45) is 0 Å². The van der Waals surface area contributed by atoms with E-state index >= 15 is 0 Å². The second-order valence-electron chi connectivity index (χ2n) is 6.67. The maximum atomic E-state index is 12.9. The molecule has 0 saturated heterocycles. The number of aryl methyl sites for hydroxylation is 2. The number of hydrogen-bond acceptors (Lipinski definition) is 4. The highest BCUT2D eigenvalue weighted by atomic mass is 32.2. The van der Waals surface area contributed by atoms with Gasteiger partial charge in [-0.1, -0.05) is 24.3 Å². The maximum Gasteiger partial charge on any atom is 0.336 e. The van der Waals surface area contributed by atoms with Crippen LogP contribution in [0.5, 0.6) is 0 Å². The number of nitrogens with one attached hydrogen (secondary N) is 1. The Labute approximate surface area is 155 Å². The lowest BCUT2D eigenvalue weighted by atomic mass is 10.0. The lowest BCUT2D eigenvalue weighted by Gasteiger charge is -2.12. The van der Waals surface area contributed by atoms with E-state index in [0.29, 0.717) is 16.7 Å². The highest BCUT2D eigenvalue weighted by Crippen LogP contribution is 2.35. The zero-order chi connectivity index (χ0) is 18.6. The summed E-state index contributed by atoms with van der Waals surface area (Å²) in [4.78, 5) is 11.4. The van der Waals surface area contributed by atoms with Crippen LogP contribution in [0.2, 0.25) is 0 Å². The van der Waals surface area contributed by atoms with Gasteiger partial charge in [0, 0.05) is 16.8 Å². The molecule has 0 fully saturated rings. The van der Waals surface area contributed by atoms with Gasteiger partial charge in [0.1, 0.15) is 5.58 Å². The molecule has 0 radical (unpaired) electrons. The molecular weight excluding hydrogens is 362 g/mol. The van der Waals surface area contributed by atoms with Gasteiger partial charge in [-0.25, -0.2) is 13.2 Å². The van der Waals surface area contributed by atoms with E-state index in [1.165, 1.54) is 35.4 Å². The largest absolute Gasteiger partial charge is 0.423 e. The first-order valence-corrected chi connectivity index (χ1v) is 10.1. The molecular formula is C21H15NO4S. The Bertz CT molecular complexity index is 1380. The van der Waals surface area contributed by atoms with E-state index in [1.54, 1.807) is 6.07 Å². The van der Waals surface area contributed by atoms with Gasteiger partial charge in [0.2, 0.25) is 0 Å². The average molecular weight is 377 g/mol. The molecule has 1 aliphatic carbocycles. The van der Waals surface area contributed by atoms with E-state index in [2.05, 4.69) is 10.8 Å². The molecule has 6 heteroatoms. The molecule has 1 heterocycles. The zero-order valence-corrected chi connectivity index (χ0v) is 15.0. The number of benzene rings is 3. The fraction of sp³-hybridized carbons (Fsp3) is 0.0952. The van der Waals surface area contributed by atoms with Crippen molar-refractivity contribution in [1.82, 2.24) is 0 Å². The van der Waals surface area contributed by atoms with Crippen LogP contribution in [0.25, 0.3) is 21.7 Å². The van der Waals surface area contributed by atoms with Crippen LogP contribution in [0.4, 0.5) is 5.69 Å². The zero-order valence-electron chi connectivity index (χ0n) is 14.2. The third kappa shape index (κ3) is 2.61. The van der Waals surface area contributed by atoms with Gasteiger partial charge in [0.15, 0.2) is 0 Å². The first kappa shape index (κ1) is 16.1. The highest BCUT2D eigenvalue weighted by Gasteiger charge is 2.20. The molecule has 4 aromatic rings. The Morgan fingerprint density at radius 2 is 1.70 bits per heavy atom. The first-order valence-electron chi connectivity index (χ1n) is 8.61. The minimum atomic E-state index is -3.78. The summed E-state index contributed by atoms with van der Waals surface area (Å²) in [6.45, 7) is 0. The standard InChI is InChI=1S/C21H15NO4S/c23-20-11-7-15-12-16(8-10-19(15)26-20)27(24,25)22-18-9-6-14-5-4-13-2-1-3-17(18)21(13)14/h1-3,6-12,22H,4-5H2. The lowest BCUT2D eigenvalue weighted by molar-refractivity contribution is 0.560. The molecule has 5 rings (SSSR count). The number of sulfonamides is 1. The molecule has 0 amide bonds. The molecule has 0 atom stereocenters. The molecule has 0 saturated carbocycles. The summed E-state index contributed by atoms with van der Waals surface area (Å²) in [5.41, 5.74) is 2.96. The molecule has 0 unspecified atom stereocenters. The average Bonchev–Trinajstić information content (AvgIpc) is 3.08. The van der Waals surface area contributed by atoms with Crippen molar-refractivity contribution in [3.8, 4) is 0 Å². The molecule has 1 N–H and O–H groups in total. The third-order valence-electron chi connectivity index (χ3n) is 5.02. The maximum absolute atomic E-state index is 12.9. The van der Waals surface area contributed by atoms with Crippen LogP contribution in [0, 0.1) is 0 Å². The quantitative estimate of drug-likeness (QED) is 0.550. The van der Waals surface area contributed by atoms with Crippen molar-refractivity contribution in [2.75, 3.05) is 4.72 Å². The summed E-state index contributed by atoms with van der Waals surface area (Å²) < 4.78 is 33.7. The lowest BCUT2D eigenvalue weighted by Crippen LogP contribution is -2.13. The molecule has 1 aromatic heterocycles. The predicted octanol–water partition coefficient (Wildman–Crippen LogP) is 3.85. The molecule has 1 aliphatic rings. The molecule has 0 aliphatic heterocycles. The van der Waals surface area contributed by atoms with Gasteiger partial charge >= 0.3 is 5.63 Å². The van der Waals surface area contributed by atoms with Gasteiger partial charge in [0.05, 0.1) is 10.6 Å². The SMILES string of the molecule is O=c1ccc2cc(S(=O)(=O)Nc3ccc4c5c(cccc35)CC4)ccc2o1. The van der Waals surface area contributed by atoms with E-state index < -0.39 is 15.6 Å². The van der Waals surface area contributed by atoms with Gasteiger partial charge < -0.3 is 4.42 Å². The summed E-state index contributed by atoms with van der Waals surface area (Å²) in [5.74, 6) is 0. The Morgan fingerprint density at radius 3 is 2.56 bits per heavy atom. The minimum absolute atomic E-state index is 0.118. The van der Waals surface area contributed by atoms with Crippen molar-refractivity contribution in [3.63, 3.8) is 0 Å². The number of anilines is 1. The van der Waals surface area contributed by atoms with Crippen LogP contribution in [0.15, 0.2) is 74.8 Å². The van der Waals surface area contributed by atoms with Gasteiger partial charge in [0.25, 0.3) is 10.0 Å². The van der Waals surface area contributed by atoms with E-state index in [9.17, 15) is 13.2 Å². The summed E-state index contributed by atoms with van der Waals surface area (Å²) in [6.07, 6.45) is 1.97. The Balaban J connectivity index is 1.60. The van der Waals surface area contributed by atoms with Crippen molar-refractivity contribution < 1.29 is 12.8 Å². The van der Waals surface area contributed by atoms with Crippen molar-refractivity contribution in [3.05, 3.63) is 82.2 Å². The molecule has 3 aromatic carbocycles. The summed E-state index contributed by atoms with van der Waals surface area (Å²) in [5, 5.41) is 2.62. The third-order valence-corrected chi connectivity index (χ3v) is 6.39. The van der Waals surface area contributed by atoms with Gasteiger partial charge in [-0.05, 0) is 59.7 Å². The Morgan fingerprint density at radius 1 is 0.889 bits per heavy atom. The Hall–Kier alpha value is -3.12. The molecule has 134 valence electrons. The molecule has 0 spiro atoms. The fourth-order valence-electron chi connectivity index (χ4n) is 3.76. The number of hydrogen-bond donors (Lipinski definition) is 1.